The number of pyridine rings is 2. The predicted octanol–water partition coefficient (Wildman–Crippen LogP) is 2.39. The standard InChI is InChI=1S/C14H16N4O/c1-9-7-12(4-5-16-9)18-14(19)11-6-10(2)17-13(8-11)15-3/h4-8H,1-3H3,(H,15,17)(H,16,18,19). The molecule has 2 heterocycles. The molecule has 0 radical (unpaired) electrons. The zero-order valence-electron chi connectivity index (χ0n) is 11.2. The average molecular weight is 256 g/mol. The van der Waals surface area contributed by atoms with E-state index in [4.69, 9.17) is 0 Å². The Morgan fingerprint density at radius 1 is 1.16 bits per heavy atom. The lowest BCUT2D eigenvalue weighted by atomic mass is 10.2. The molecule has 0 aromatic carbocycles. The van der Waals surface area contributed by atoms with E-state index in [1.165, 1.54) is 0 Å². The molecule has 0 spiro atoms. The Bertz CT molecular complexity index is 610. The van der Waals surface area contributed by atoms with Gasteiger partial charge in [0.25, 0.3) is 5.91 Å². The van der Waals surface area contributed by atoms with Crippen LogP contribution in [0.15, 0.2) is 30.5 Å². The van der Waals surface area contributed by atoms with Crippen molar-refractivity contribution in [1.82, 2.24) is 9.97 Å². The van der Waals surface area contributed by atoms with Crippen LogP contribution in [-0.4, -0.2) is 22.9 Å². The smallest absolute Gasteiger partial charge is 0.255 e. The van der Waals surface area contributed by atoms with E-state index in [1.807, 2.05) is 19.9 Å². The van der Waals surface area contributed by atoms with Crippen molar-refractivity contribution < 1.29 is 4.79 Å². The number of hydrogen-bond donors (Lipinski definition) is 2. The van der Waals surface area contributed by atoms with E-state index in [0.717, 1.165) is 17.1 Å². The van der Waals surface area contributed by atoms with E-state index in [0.29, 0.717) is 11.4 Å². The summed E-state index contributed by atoms with van der Waals surface area (Å²) in [5, 5.41) is 5.78. The molecular formula is C14H16N4O. The zero-order chi connectivity index (χ0) is 13.8. The highest BCUT2D eigenvalue weighted by atomic mass is 16.1. The lowest BCUT2D eigenvalue weighted by Gasteiger charge is -2.08. The minimum Gasteiger partial charge on any atom is -0.373 e. The molecule has 19 heavy (non-hydrogen) atoms. The van der Waals surface area contributed by atoms with Gasteiger partial charge in [0, 0.05) is 35.9 Å². The summed E-state index contributed by atoms with van der Waals surface area (Å²) in [7, 11) is 1.77. The topological polar surface area (TPSA) is 66.9 Å². The number of carbonyl (C=O) groups excluding carboxylic acids is 1. The molecule has 5 nitrogen and oxygen atoms in total. The second-order valence-electron chi connectivity index (χ2n) is 4.27. The number of carbonyl (C=O) groups is 1. The summed E-state index contributed by atoms with van der Waals surface area (Å²) in [5.74, 6) is 0.517. The van der Waals surface area contributed by atoms with Crippen LogP contribution in [0.25, 0.3) is 0 Å². The third-order valence-corrected chi connectivity index (χ3v) is 2.63. The highest BCUT2D eigenvalue weighted by molar-refractivity contribution is 6.04. The molecule has 2 rings (SSSR count). The molecule has 0 bridgehead atoms. The van der Waals surface area contributed by atoms with E-state index < -0.39 is 0 Å². The maximum absolute atomic E-state index is 12.2. The summed E-state index contributed by atoms with van der Waals surface area (Å²) in [5.41, 5.74) is 2.96. The molecule has 1 amide bonds. The van der Waals surface area contributed by atoms with Gasteiger partial charge in [0.05, 0.1) is 0 Å². The van der Waals surface area contributed by atoms with Crippen LogP contribution in [-0.2, 0) is 0 Å². The van der Waals surface area contributed by atoms with E-state index >= 15 is 0 Å². The second kappa shape index (κ2) is 5.48. The number of rotatable bonds is 3. The Morgan fingerprint density at radius 2 is 1.95 bits per heavy atom. The molecule has 2 aromatic heterocycles. The fraction of sp³-hybridized carbons (Fsp3) is 0.214. The summed E-state index contributed by atoms with van der Waals surface area (Å²) in [6, 6.07) is 7.06. The van der Waals surface area contributed by atoms with Crippen molar-refractivity contribution in [2.24, 2.45) is 0 Å². The van der Waals surface area contributed by atoms with Crippen molar-refractivity contribution in [3.05, 3.63) is 47.4 Å². The second-order valence-corrected chi connectivity index (χ2v) is 4.27. The Kier molecular flexibility index (Phi) is 3.75. The van der Waals surface area contributed by atoms with Gasteiger partial charge in [-0.2, -0.15) is 0 Å². The maximum Gasteiger partial charge on any atom is 0.255 e. The van der Waals surface area contributed by atoms with Gasteiger partial charge in [-0.1, -0.05) is 0 Å². The maximum atomic E-state index is 12.2. The Hall–Kier alpha value is -2.43. The molecule has 0 aliphatic carbocycles. The molecule has 0 atom stereocenters. The normalized spacial score (nSPS) is 10.1. The number of hydrogen-bond acceptors (Lipinski definition) is 4. The van der Waals surface area contributed by atoms with Gasteiger partial charge >= 0.3 is 0 Å². The van der Waals surface area contributed by atoms with Gasteiger partial charge in [-0.25, -0.2) is 4.98 Å². The Morgan fingerprint density at radius 3 is 2.63 bits per heavy atom. The van der Waals surface area contributed by atoms with Crippen LogP contribution in [0.2, 0.25) is 0 Å². The first-order valence-electron chi connectivity index (χ1n) is 5.99. The quantitative estimate of drug-likeness (QED) is 0.884. The Labute approximate surface area is 112 Å². The van der Waals surface area contributed by atoms with Crippen LogP contribution in [0.4, 0.5) is 11.5 Å². The van der Waals surface area contributed by atoms with E-state index in [-0.39, 0.29) is 5.91 Å². The van der Waals surface area contributed by atoms with Gasteiger partial charge in [-0.15, -0.1) is 0 Å². The molecule has 0 aliphatic rings. The van der Waals surface area contributed by atoms with Gasteiger partial charge in [-0.3, -0.25) is 9.78 Å². The zero-order valence-corrected chi connectivity index (χ0v) is 11.2. The van der Waals surface area contributed by atoms with Crippen LogP contribution in [0.5, 0.6) is 0 Å². The summed E-state index contributed by atoms with van der Waals surface area (Å²) >= 11 is 0. The van der Waals surface area contributed by atoms with Crippen LogP contribution in [0.3, 0.4) is 0 Å². The highest BCUT2D eigenvalue weighted by Crippen LogP contribution is 2.13. The van der Waals surface area contributed by atoms with Crippen molar-refractivity contribution in [2.45, 2.75) is 13.8 Å². The molecule has 2 aromatic rings. The average Bonchev–Trinajstić information content (AvgIpc) is 2.38. The highest BCUT2D eigenvalue weighted by Gasteiger charge is 2.08. The molecule has 0 saturated carbocycles. The summed E-state index contributed by atoms with van der Waals surface area (Å²) in [4.78, 5) is 20.5. The number of aromatic nitrogens is 2. The van der Waals surface area contributed by atoms with Crippen molar-refractivity contribution in [2.75, 3.05) is 17.7 Å². The first-order valence-corrected chi connectivity index (χ1v) is 5.99. The van der Waals surface area contributed by atoms with Gasteiger partial charge in [0.15, 0.2) is 0 Å². The summed E-state index contributed by atoms with van der Waals surface area (Å²) in [6.45, 7) is 3.74. The number of nitrogens with zero attached hydrogens (tertiary/aromatic N) is 2. The van der Waals surface area contributed by atoms with Crippen LogP contribution < -0.4 is 10.6 Å². The Balaban J connectivity index is 2.22. The monoisotopic (exact) mass is 256 g/mol. The van der Waals surface area contributed by atoms with Crippen molar-refractivity contribution in [3.8, 4) is 0 Å². The minimum atomic E-state index is -0.160. The molecule has 98 valence electrons. The lowest BCUT2D eigenvalue weighted by Crippen LogP contribution is -2.13. The molecule has 5 heteroatoms. The first-order chi connectivity index (χ1) is 9.08. The number of amides is 1. The van der Waals surface area contributed by atoms with Crippen molar-refractivity contribution in [1.29, 1.82) is 0 Å². The van der Waals surface area contributed by atoms with Crippen LogP contribution >= 0.6 is 0 Å². The first kappa shape index (κ1) is 13.0. The van der Waals surface area contributed by atoms with E-state index in [1.54, 1.807) is 31.4 Å². The van der Waals surface area contributed by atoms with Gasteiger partial charge < -0.3 is 10.6 Å². The van der Waals surface area contributed by atoms with Gasteiger partial charge in [0.2, 0.25) is 0 Å². The lowest BCUT2D eigenvalue weighted by molar-refractivity contribution is 0.102. The predicted molar refractivity (Wildman–Crippen MR) is 75.4 cm³/mol. The molecule has 2 N–H and O–H groups in total. The number of anilines is 2. The third kappa shape index (κ3) is 3.28. The molecule has 0 fully saturated rings. The number of nitrogens with one attached hydrogen (secondary N) is 2. The third-order valence-electron chi connectivity index (χ3n) is 2.63. The molecule has 0 aliphatic heterocycles. The fourth-order valence-electron chi connectivity index (χ4n) is 1.75. The molecular weight excluding hydrogens is 240 g/mol. The minimum absolute atomic E-state index is 0.160. The van der Waals surface area contributed by atoms with Gasteiger partial charge in [-0.05, 0) is 38.1 Å². The molecule has 0 saturated heterocycles. The van der Waals surface area contributed by atoms with Crippen LogP contribution in [0.1, 0.15) is 21.7 Å². The SMILES string of the molecule is CNc1cc(C(=O)Nc2ccnc(C)c2)cc(C)n1. The summed E-state index contributed by atoms with van der Waals surface area (Å²) < 4.78 is 0. The largest absolute Gasteiger partial charge is 0.373 e. The van der Waals surface area contributed by atoms with E-state index in [2.05, 4.69) is 20.6 Å². The van der Waals surface area contributed by atoms with Crippen molar-refractivity contribution >= 4 is 17.4 Å². The van der Waals surface area contributed by atoms with Gasteiger partial charge in [0.1, 0.15) is 5.82 Å². The van der Waals surface area contributed by atoms with E-state index in [9.17, 15) is 4.79 Å². The fourth-order valence-corrected chi connectivity index (χ4v) is 1.75. The van der Waals surface area contributed by atoms with Crippen molar-refractivity contribution in [3.63, 3.8) is 0 Å². The summed E-state index contributed by atoms with van der Waals surface area (Å²) in [6.07, 6.45) is 1.67. The van der Waals surface area contributed by atoms with Crippen LogP contribution in [0, 0.1) is 13.8 Å². The number of aryl methyl sites for hydroxylation is 2. The molecule has 0 unspecified atom stereocenters.